The van der Waals surface area contributed by atoms with Gasteiger partial charge in [0.25, 0.3) is 5.91 Å². The Labute approximate surface area is 234 Å². The zero-order valence-electron chi connectivity index (χ0n) is 22.3. The fourth-order valence-electron chi connectivity index (χ4n) is 7.07. The van der Waals surface area contributed by atoms with Crippen LogP contribution < -0.4 is 10.1 Å². The van der Waals surface area contributed by atoms with E-state index in [0.29, 0.717) is 29.7 Å². The predicted molar refractivity (Wildman–Crippen MR) is 157 cm³/mol. The summed E-state index contributed by atoms with van der Waals surface area (Å²) in [6, 6.07) is 32.6. The zero-order chi connectivity index (χ0) is 26.9. The largest absolute Gasteiger partial charge is 0.487 e. The Morgan fingerprint density at radius 2 is 1.80 bits per heavy atom. The van der Waals surface area contributed by atoms with Gasteiger partial charge in [-0.05, 0) is 84.7 Å². The number of nitrogens with one attached hydrogen (secondary N) is 1. The Hall–Kier alpha value is -4.51. The van der Waals surface area contributed by atoms with E-state index in [1.165, 1.54) is 24.8 Å². The number of nitrogens with zero attached hydrogens (tertiary/aromatic N) is 2. The second-order valence-corrected chi connectivity index (χ2v) is 11.1. The molecule has 2 heterocycles. The molecular formula is C35H31N3O2. The molecule has 3 atom stereocenters. The van der Waals surface area contributed by atoms with E-state index in [2.05, 4.69) is 58.8 Å². The predicted octanol–water partition coefficient (Wildman–Crippen LogP) is 7.57. The highest BCUT2D eigenvalue weighted by Crippen LogP contribution is 2.60. The second kappa shape index (κ2) is 10.2. The molecule has 1 amide bonds. The van der Waals surface area contributed by atoms with Crippen LogP contribution in [0.2, 0.25) is 0 Å². The van der Waals surface area contributed by atoms with Crippen LogP contribution in [0.25, 0.3) is 10.9 Å². The molecule has 0 radical (unpaired) electrons. The van der Waals surface area contributed by atoms with Crippen molar-refractivity contribution < 1.29 is 9.53 Å². The van der Waals surface area contributed by atoms with Crippen LogP contribution in [-0.4, -0.2) is 15.9 Å². The Kier molecular flexibility index (Phi) is 6.27. The maximum atomic E-state index is 13.8. The minimum absolute atomic E-state index is 0.121. The van der Waals surface area contributed by atoms with Gasteiger partial charge in [0.05, 0.1) is 23.1 Å². The lowest BCUT2D eigenvalue weighted by Crippen LogP contribution is -2.36. The Morgan fingerprint density at radius 3 is 2.60 bits per heavy atom. The molecule has 2 aromatic heterocycles. The van der Waals surface area contributed by atoms with Crippen molar-refractivity contribution >= 4 is 22.5 Å². The van der Waals surface area contributed by atoms with Gasteiger partial charge in [-0.2, -0.15) is 0 Å². The maximum Gasteiger partial charge on any atom is 0.256 e. The monoisotopic (exact) mass is 525 g/mol. The number of carbonyl (C=O) groups excluding carboxylic acids is 1. The summed E-state index contributed by atoms with van der Waals surface area (Å²) in [6.07, 6.45) is 8.07. The molecule has 2 fully saturated rings. The quantitative estimate of drug-likeness (QED) is 0.238. The van der Waals surface area contributed by atoms with E-state index >= 15 is 0 Å². The Balaban J connectivity index is 1.28. The number of carbonyl (C=O) groups is 1. The lowest BCUT2D eigenvalue weighted by Gasteiger charge is -2.40. The van der Waals surface area contributed by atoms with Gasteiger partial charge in [0.1, 0.15) is 12.4 Å². The van der Waals surface area contributed by atoms with Gasteiger partial charge in [0.2, 0.25) is 0 Å². The van der Waals surface area contributed by atoms with Crippen molar-refractivity contribution in [2.24, 2.45) is 11.8 Å². The third-order valence-electron chi connectivity index (χ3n) is 8.82. The van der Waals surface area contributed by atoms with Crippen molar-refractivity contribution in [3.63, 3.8) is 0 Å². The smallest absolute Gasteiger partial charge is 0.256 e. The van der Waals surface area contributed by atoms with Gasteiger partial charge in [0, 0.05) is 22.6 Å². The highest BCUT2D eigenvalue weighted by molar-refractivity contribution is 6.05. The molecular weight excluding hydrogens is 494 g/mol. The molecule has 198 valence electrons. The number of para-hydroxylation sites is 1. The molecule has 2 saturated carbocycles. The van der Waals surface area contributed by atoms with Crippen LogP contribution in [0.3, 0.4) is 0 Å². The van der Waals surface area contributed by atoms with Crippen molar-refractivity contribution in [1.82, 2.24) is 9.97 Å². The number of aromatic nitrogens is 2. The minimum Gasteiger partial charge on any atom is -0.487 e. The average molecular weight is 526 g/mol. The average Bonchev–Trinajstić information content (AvgIpc) is 3.63. The molecule has 2 aliphatic carbocycles. The molecule has 5 nitrogen and oxygen atoms in total. The fourth-order valence-corrected chi connectivity index (χ4v) is 7.07. The Bertz CT molecular complexity index is 1670. The molecule has 7 rings (SSSR count). The van der Waals surface area contributed by atoms with E-state index in [1.54, 1.807) is 12.4 Å². The van der Waals surface area contributed by atoms with Crippen LogP contribution in [0.5, 0.6) is 5.75 Å². The molecule has 2 aliphatic rings. The summed E-state index contributed by atoms with van der Waals surface area (Å²) in [7, 11) is 0. The first-order valence-electron chi connectivity index (χ1n) is 14.1. The Morgan fingerprint density at radius 1 is 0.925 bits per heavy atom. The summed E-state index contributed by atoms with van der Waals surface area (Å²) < 4.78 is 6.35. The summed E-state index contributed by atoms with van der Waals surface area (Å²) in [5.74, 6) is 1.79. The van der Waals surface area contributed by atoms with Crippen LogP contribution in [0, 0.1) is 11.8 Å². The van der Waals surface area contributed by atoms with Gasteiger partial charge >= 0.3 is 0 Å². The van der Waals surface area contributed by atoms with Crippen molar-refractivity contribution in [1.29, 1.82) is 0 Å². The standard InChI is InChI=1S/C35H31N3O2/c39-34(38-28-10-6-18-36-22-28)31-17-16-30(40-23-29-15-13-25-7-4-5-11-33(25)37-29)20-32(31)35(26-8-2-1-3-9-26)21-24-12-14-27(35)19-24/h1-11,13,15-18,20,22,24,27H,12,14,19,21,23H2,(H,38,39)/t24-,27-,35-/m0/s1. The van der Waals surface area contributed by atoms with Crippen LogP contribution >= 0.6 is 0 Å². The van der Waals surface area contributed by atoms with Gasteiger partial charge in [-0.15, -0.1) is 0 Å². The van der Waals surface area contributed by atoms with Crippen molar-refractivity contribution in [3.05, 3.63) is 132 Å². The number of amides is 1. The lowest BCUT2D eigenvalue weighted by molar-refractivity contribution is 0.102. The highest BCUT2D eigenvalue weighted by atomic mass is 16.5. The van der Waals surface area contributed by atoms with E-state index in [4.69, 9.17) is 9.72 Å². The van der Waals surface area contributed by atoms with Crippen LogP contribution in [-0.2, 0) is 12.0 Å². The number of pyridine rings is 2. The van der Waals surface area contributed by atoms with E-state index in [-0.39, 0.29) is 11.3 Å². The third-order valence-corrected chi connectivity index (χ3v) is 8.82. The van der Waals surface area contributed by atoms with E-state index < -0.39 is 0 Å². The first-order valence-corrected chi connectivity index (χ1v) is 14.1. The molecule has 2 bridgehead atoms. The third kappa shape index (κ3) is 4.41. The van der Waals surface area contributed by atoms with E-state index in [0.717, 1.165) is 34.3 Å². The van der Waals surface area contributed by atoms with Gasteiger partial charge in [0.15, 0.2) is 0 Å². The van der Waals surface area contributed by atoms with Crippen molar-refractivity contribution in [2.45, 2.75) is 37.7 Å². The number of hydrogen-bond acceptors (Lipinski definition) is 4. The van der Waals surface area contributed by atoms with Crippen molar-refractivity contribution in [2.75, 3.05) is 5.32 Å². The number of rotatable bonds is 7. The minimum atomic E-state index is -0.230. The van der Waals surface area contributed by atoms with Gasteiger partial charge in [-0.1, -0.05) is 61.0 Å². The van der Waals surface area contributed by atoms with Crippen LogP contribution in [0.15, 0.2) is 109 Å². The van der Waals surface area contributed by atoms with Crippen LogP contribution in [0.4, 0.5) is 5.69 Å². The molecule has 40 heavy (non-hydrogen) atoms. The lowest BCUT2D eigenvalue weighted by atomic mass is 9.63. The van der Waals surface area contributed by atoms with E-state index in [9.17, 15) is 4.79 Å². The summed E-state index contributed by atoms with van der Waals surface area (Å²) in [6.45, 7) is 0.357. The molecule has 0 spiro atoms. The van der Waals surface area contributed by atoms with Gasteiger partial charge < -0.3 is 10.1 Å². The maximum absolute atomic E-state index is 13.8. The first kappa shape index (κ1) is 24.5. The van der Waals surface area contributed by atoms with Crippen LogP contribution in [0.1, 0.15) is 52.9 Å². The van der Waals surface area contributed by atoms with Crippen molar-refractivity contribution in [3.8, 4) is 5.75 Å². The molecule has 1 N–H and O–H groups in total. The number of anilines is 1. The zero-order valence-corrected chi connectivity index (χ0v) is 22.3. The summed E-state index contributed by atoms with van der Waals surface area (Å²) in [5.41, 5.74) is 5.31. The summed E-state index contributed by atoms with van der Waals surface area (Å²) in [4.78, 5) is 22.7. The van der Waals surface area contributed by atoms with E-state index in [1.807, 2.05) is 48.5 Å². The van der Waals surface area contributed by atoms with Gasteiger partial charge in [-0.25, -0.2) is 4.98 Å². The fraction of sp³-hybridized carbons (Fsp3) is 0.229. The summed E-state index contributed by atoms with van der Waals surface area (Å²) in [5, 5.41) is 4.19. The number of hydrogen-bond donors (Lipinski definition) is 1. The highest BCUT2D eigenvalue weighted by Gasteiger charge is 2.54. The number of fused-ring (bicyclic) bond motifs is 3. The van der Waals surface area contributed by atoms with Gasteiger partial charge in [-0.3, -0.25) is 9.78 Å². The molecule has 5 aromatic rings. The second-order valence-electron chi connectivity index (χ2n) is 11.1. The molecule has 0 saturated heterocycles. The molecule has 3 aromatic carbocycles. The molecule has 5 heteroatoms. The number of benzene rings is 3. The topological polar surface area (TPSA) is 64.1 Å². The molecule has 0 aliphatic heterocycles. The molecule has 0 unspecified atom stereocenters. The number of ether oxygens (including phenoxy) is 1. The summed E-state index contributed by atoms with van der Waals surface area (Å²) >= 11 is 0. The normalized spacial score (nSPS) is 21.4. The first-order chi connectivity index (χ1) is 19.7. The SMILES string of the molecule is O=C(Nc1cccnc1)c1ccc(OCc2ccc3ccccc3n2)cc1[C@]1(c2ccccc2)C[C@H]2CC[C@H]1C2.